The smallest absolute Gasteiger partial charge is 0.258 e. The molecule has 136 valence electrons. The summed E-state index contributed by atoms with van der Waals surface area (Å²) >= 11 is 24.1. The number of amides is 1. The van der Waals surface area contributed by atoms with Gasteiger partial charge < -0.3 is 0 Å². The molecule has 0 radical (unpaired) electrons. The molecule has 3 rings (SSSR count). The van der Waals surface area contributed by atoms with Crippen molar-refractivity contribution in [2.45, 2.75) is 18.5 Å². The third kappa shape index (κ3) is 4.49. The topological polar surface area (TPSA) is 65.5 Å². The number of halogens is 4. The summed E-state index contributed by atoms with van der Waals surface area (Å²) in [5.41, 5.74) is 9.98. The summed E-state index contributed by atoms with van der Waals surface area (Å²) in [6, 6.07) is 9.98. The molecule has 1 heterocycles. The van der Waals surface area contributed by atoms with Gasteiger partial charge in [-0.05, 0) is 36.2 Å². The molecule has 2 aromatic carbocycles. The van der Waals surface area contributed by atoms with E-state index in [-0.39, 0.29) is 11.9 Å². The van der Waals surface area contributed by atoms with Gasteiger partial charge in [-0.2, -0.15) is 5.10 Å². The summed E-state index contributed by atoms with van der Waals surface area (Å²) in [5.74, 6) is -0.278. The fraction of sp³-hybridized carbons (Fsp3) is 0.176. The van der Waals surface area contributed by atoms with E-state index in [4.69, 9.17) is 46.4 Å². The largest absolute Gasteiger partial charge is 0.271 e. The minimum Gasteiger partial charge on any atom is -0.271 e. The molecule has 2 atom stereocenters. The van der Waals surface area contributed by atoms with Crippen LogP contribution in [0.2, 0.25) is 20.1 Å². The van der Waals surface area contributed by atoms with E-state index in [1.165, 1.54) is 6.21 Å². The van der Waals surface area contributed by atoms with Gasteiger partial charge in [-0.15, -0.1) is 0 Å². The number of hydrazine groups is 1. The first-order valence-electron chi connectivity index (χ1n) is 7.68. The normalized spacial score (nSPS) is 19.8. The van der Waals surface area contributed by atoms with Crippen LogP contribution in [0.4, 0.5) is 0 Å². The average molecular weight is 432 g/mol. The molecule has 0 bridgehead atoms. The Balaban J connectivity index is 1.59. The van der Waals surface area contributed by atoms with Crippen molar-refractivity contribution in [1.29, 1.82) is 0 Å². The lowest BCUT2D eigenvalue weighted by atomic mass is 10.0. The molecule has 0 saturated carbocycles. The molecule has 0 aliphatic carbocycles. The van der Waals surface area contributed by atoms with Gasteiger partial charge in [-0.25, -0.2) is 16.3 Å². The molecule has 5 nitrogen and oxygen atoms in total. The zero-order valence-electron chi connectivity index (χ0n) is 13.3. The van der Waals surface area contributed by atoms with Crippen LogP contribution in [0.1, 0.15) is 23.6 Å². The second-order valence-corrected chi connectivity index (χ2v) is 7.30. The van der Waals surface area contributed by atoms with Crippen molar-refractivity contribution in [3.05, 3.63) is 67.6 Å². The van der Waals surface area contributed by atoms with E-state index in [1.54, 1.807) is 30.3 Å². The van der Waals surface area contributed by atoms with E-state index in [1.807, 2.05) is 6.07 Å². The average Bonchev–Trinajstić information content (AvgIpc) is 3.10. The van der Waals surface area contributed by atoms with Crippen molar-refractivity contribution in [3.8, 4) is 0 Å². The van der Waals surface area contributed by atoms with Crippen LogP contribution in [-0.2, 0) is 4.79 Å². The molecule has 0 spiro atoms. The number of rotatable bonds is 4. The maximum Gasteiger partial charge on any atom is 0.258 e. The summed E-state index contributed by atoms with van der Waals surface area (Å²) in [4.78, 5) is 12.3. The van der Waals surface area contributed by atoms with Gasteiger partial charge in [-0.3, -0.25) is 4.79 Å². The van der Waals surface area contributed by atoms with E-state index >= 15 is 0 Å². The van der Waals surface area contributed by atoms with Gasteiger partial charge in [0.15, 0.2) is 0 Å². The van der Waals surface area contributed by atoms with Crippen LogP contribution in [-0.4, -0.2) is 18.2 Å². The zero-order chi connectivity index (χ0) is 18.7. The molecular weight excluding hydrogens is 418 g/mol. The molecule has 1 fully saturated rings. The van der Waals surface area contributed by atoms with E-state index in [0.717, 1.165) is 5.56 Å². The quantitative estimate of drug-likeness (QED) is 0.497. The SMILES string of the molecule is O=C(N/N=C/c1c(Cl)cccc1Cl)C1CC(c2ccc(Cl)c(Cl)c2)NN1. The zero-order valence-corrected chi connectivity index (χ0v) is 16.3. The molecular formula is C17H14Cl4N4O. The van der Waals surface area contributed by atoms with Gasteiger partial charge >= 0.3 is 0 Å². The minimum atomic E-state index is -0.451. The van der Waals surface area contributed by atoms with Gasteiger partial charge in [0.1, 0.15) is 6.04 Å². The Morgan fingerprint density at radius 3 is 2.46 bits per heavy atom. The monoisotopic (exact) mass is 430 g/mol. The molecule has 26 heavy (non-hydrogen) atoms. The van der Waals surface area contributed by atoms with E-state index in [0.29, 0.717) is 32.1 Å². The first-order chi connectivity index (χ1) is 12.5. The molecule has 1 aliphatic heterocycles. The molecule has 9 heteroatoms. The van der Waals surface area contributed by atoms with E-state index in [2.05, 4.69) is 21.4 Å². The second-order valence-electron chi connectivity index (χ2n) is 5.67. The highest BCUT2D eigenvalue weighted by Crippen LogP contribution is 2.29. The fourth-order valence-corrected chi connectivity index (χ4v) is 3.35. The van der Waals surface area contributed by atoms with E-state index < -0.39 is 6.04 Å². The molecule has 2 unspecified atom stereocenters. The van der Waals surface area contributed by atoms with Crippen molar-refractivity contribution >= 4 is 58.5 Å². The van der Waals surface area contributed by atoms with Crippen molar-refractivity contribution in [1.82, 2.24) is 16.3 Å². The number of hydrazone groups is 1. The lowest BCUT2D eigenvalue weighted by Crippen LogP contribution is -2.41. The van der Waals surface area contributed by atoms with Crippen molar-refractivity contribution in [2.75, 3.05) is 0 Å². The van der Waals surface area contributed by atoms with Crippen LogP contribution in [0, 0.1) is 0 Å². The second kappa shape index (κ2) is 8.57. The molecule has 3 N–H and O–H groups in total. The van der Waals surface area contributed by atoms with Gasteiger partial charge in [0.05, 0.1) is 26.3 Å². The summed E-state index contributed by atoms with van der Waals surface area (Å²) in [6.07, 6.45) is 1.95. The highest BCUT2D eigenvalue weighted by Gasteiger charge is 2.30. The van der Waals surface area contributed by atoms with Crippen LogP contribution in [0.3, 0.4) is 0 Å². The Labute approximate surface area is 170 Å². The van der Waals surface area contributed by atoms with Crippen LogP contribution in [0.15, 0.2) is 41.5 Å². The standard InChI is InChI=1S/C17H14Cl4N4O/c18-11-2-1-3-12(19)10(11)8-22-25-17(26)16-7-15(23-24-16)9-4-5-13(20)14(21)6-9/h1-6,8,15-16,23-24H,7H2,(H,25,26)/b22-8+. The van der Waals surface area contributed by atoms with Crippen LogP contribution >= 0.6 is 46.4 Å². The Bertz CT molecular complexity index is 838. The summed E-state index contributed by atoms with van der Waals surface area (Å²) < 4.78 is 0. The molecule has 1 saturated heterocycles. The fourth-order valence-electron chi connectivity index (χ4n) is 2.55. The minimum absolute atomic E-state index is 0.0671. The summed E-state index contributed by atoms with van der Waals surface area (Å²) in [6.45, 7) is 0. The van der Waals surface area contributed by atoms with Crippen LogP contribution in [0.25, 0.3) is 0 Å². The highest BCUT2D eigenvalue weighted by molar-refractivity contribution is 6.42. The van der Waals surface area contributed by atoms with Gasteiger partial charge in [-0.1, -0.05) is 58.5 Å². The van der Waals surface area contributed by atoms with E-state index in [9.17, 15) is 4.79 Å². The number of nitrogens with one attached hydrogen (secondary N) is 3. The predicted octanol–water partition coefficient (Wildman–Crippen LogP) is 4.36. The third-order valence-electron chi connectivity index (χ3n) is 3.93. The lowest BCUT2D eigenvalue weighted by Gasteiger charge is -2.10. The molecule has 1 aliphatic rings. The highest BCUT2D eigenvalue weighted by atomic mass is 35.5. The molecule has 2 aromatic rings. The lowest BCUT2D eigenvalue weighted by molar-refractivity contribution is -0.122. The first-order valence-corrected chi connectivity index (χ1v) is 9.20. The third-order valence-corrected chi connectivity index (χ3v) is 5.33. The maximum atomic E-state index is 12.3. The maximum absolute atomic E-state index is 12.3. The number of carbonyl (C=O) groups excluding carboxylic acids is 1. The number of hydrogen-bond acceptors (Lipinski definition) is 4. The predicted molar refractivity (Wildman–Crippen MR) is 106 cm³/mol. The molecule has 0 aromatic heterocycles. The van der Waals surface area contributed by atoms with Gasteiger partial charge in [0, 0.05) is 11.6 Å². The first kappa shape index (κ1) is 19.4. The van der Waals surface area contributed by atoms with Gasteiger partial charge in [0.2, 0.25) is 0 Å². The Morgan fingerprint density at radius 1 is 1.04 bits per heavy atom. The number of benzene rings is 2. The Hall–Kier alpha value is -1.34. The Morgan fingerprint density at radius 2 is 1.77 bits per heavy atom. The number of nitrogens with zero attached hydrogens (tertiary/aromatic N) is 1. The van der Waals surface area contributed by atoms with Crippen molar-refractivity contribution < 1.29 is 4.79 Å². The van der Waals surface area contributed by atoms with Crippen molar-refractivity contribution in [2.24, 2.45) is 5.10 Å². The van der Waals surface area contributed by atoms with Crippen molar-refractivity contribution in [3.63, 3.8) is 0 Å². The van der Waals surface area contributed by atoms with Crippen LogP contribution < -0.4 is 16.3 Å². The Kier molecular flexibility index (Phi) is 6.40. The van der Waals surface area contributed by atoms with Gasteiger partial charge in [0.25, 0.3) is 5.91 Å². The number of carbonyl (C=O) groups is 1. The number of hydrogen-bond donors (Lipinski definition) is 3. The molecule has 1 amide bonds. The van der Waals surface area contributed by atoms with Crippen LogP contribution in [0.5, 0.6) is 0 Å². The summed E-state index contributed by atoms with van der Waals surface area (Å²) in [5, 5.41) is 5.80. The summed E-state index contributed by atoms with van der Waals surface area (Å²) in [7, 11) is 0.